The van der Waals surface area contributed by atoms with E-state index in [0.29, 0.717) is 16.9 Å². The summed E-state index contributed by atoms with van der Waals surface area (Å²) < 4.78 is 27.3. The maximum Gasteiger partial charge on any atom is 0.233 e. The van der Waals surface area contributed by atoms with Gasteiger partial charge in [-0.1, -0.05) is 36.4 Å². The van der Waals surface area contributed by atoms with E-state index in [4.69, 9.17) is 0 Å². The van der Waals surface area contributed by atoms with Crippen LogP contribution in [-0.4, -0.2) is 59.1 Å². The lowest BCUT2D eigenvalue weighted by Gasteiger charge is -2.30. The summed E-state index contributed by atoms with van der Waals surface area (Å²) >= 11 is 1.32. The minimum atomic E-state index is -3.36. The first kappa shape index (κ1) is 21.8. The van der Waals surface area contributed by atoms with Crippen LogP contribution in [0, 0.1) is 12.8 Å². The van der Waals surface area contributed by atoms with Gasteiger partial charge in [0.1, 0.15) is 0 Å². The SMILES string of the molecule is Cc1ccc(-n2c(CNS(C)(=O)=O)nnc2SCC(=O)N2CCCC(C)C2)cc1. The monoisotopic (exact) mass is 437 g/mol. The lowest BCUT2D eigenvalue weighted by atomic mass is 10.0. The van der Waals surface area contributed by atoms with Crippen molar-refractivity contribution >= 4 is 27.7 Å². The van der Waals surface area contributed by atoms with E-state index in [1.165, 1.54) is 11.8 Å². The lowest BCUT2D eigenvalue weighted by Crippen LogP contribution is -2.40. The molecular formula is C19H27N5O3S2. The third kappa shape index (κ3) is 6.03. The van der Waals surface area contributed by atoms with E-state index < -0.39 is 10.0 Å². The molecule has 1 saturated heterocycles. The third-order valence-electron chi connectivity index (χ3n) is 4.82. The number of sulfonamides is 1. The molecule has 1 aliphatic rings. The first-order chi connectivity index (χ1) is 13.7. The van der Waals surface area contributed by atoms with Gasteiger partial charge in [-0.2, -0.15) is 0 Å². The molecule has 0 aliphatic carbocycles. The number of aromatic nitrogens is 3. The number of rotatable bonds is 7. The molecule has 1 N–H and O–H groups in total. The zero-order valence-electron chi connectivity index (χ0n) is 17.0. The van der Waals surface area contributed by atoms with E-state index >= 15 is 0 Å². The van der Waals surface area contributed by atoms with E-state index in [0.717, 1.165) is 43.4 Å². The van der Waals surface area contributed by atoms with Crippen molar-refractivity contribution in [2.75, 3.05) is 25.1 Å². The van der Waals surface area contributed by atoms with Crippen LogP contribution < -0.4 is 4.72 Å². The van der Waals surface area contributed by atoms with Crippen LogP contribution in [0.15, 0.2) is 29.4 Å². The molecule has 0 saturated carbocycles. The molecule has 1 aliphatic heterocycles. The summed E-state index contributed by atoms with van der Waals surface area (Å²) in [6.07, 6.45) is 3.31. The Labute approximate surface area is 176 Å². The number of carbonyl (C=O) groups is 1. The maximum absolute atomic E-state index is 12.6. The number of amides is 1. The van der Waals surface area contributed by atoms with E-state index in [2.05, 4.69) is 21.8 Å². The number of piperidine rings is 1. The molecule has 1 aromatic carbocycles. The Hall–Kier alpha value is -1.91. The molecule has 0 radical (unpaired) electrons. The van der Waals surface area contributed by atoms with E-state index in [1.807, 2.05) is 36.1 Å². The fourth-order valence-corrected chi connectivity index (χ4v) is 4.56. The fraction of sp³-hybridized carbons (Fsp3) is 0.526. The number of thioether (sulfide) groups is 1. The molecule has 1 unspecified atom stereocenters. The number of benzene rings is 1. The Morgan fingerprint density at radius 1 is 1.28 bits per heavy atom. The number of hydrogen-bond donors (Lipinski definition) is 1. The van der Waals surface area contributed by atoms with Gasteiger partial charge in [0, 0.05) is 18.8 Å². The summed E-state index contributed by atoms with van der Waals surface area (Å²) in [5.74, 6) is 1.37. The summed E-state index contributed by atoms with van der Waals surface area (Å²) in [4.78, 5) is 14.5. The van der Waals surface area contributed by atoms with Gasteiger partial charge in [0.25, 0.3) is 0 Å². The van der Waals surface area contributed by atoms with Crippen LogP contribution in [0.2, 0.25) is 0 Å². The topological polar surface area (TPSA) is 97.2 Å². The molecule has 158 valence electrons. The zero-order valence-corrected chi connectivity index (χ0v) is 18.6. The van der Waals surface area contributed by atoms with Crippen LogP contribution in [0.5, 0.6) is 0 Å². The quantitative estimate of drug-likeness (QED) is 0.665. The van der Waals surface area contributed by atoms with E-state index in [1.54, 1.807) is 4.57 Å². The highest BCUT2D eigenvalue weighted by Crippen LogP contribution is 2.24. The van der Waals surface area contributed by atoms with Crippen molar-refractivity contribution in [1.29, 1.82) is 0 Å². The Bertz CT molecular complexity index is 957. The van der Waals surface area contributed by atoms with Gasteiger partial charge in [-0.15, -0.1) is 10.2 Å². The Kier molecular flexibility index (Phi) is 6.97. The summed E-state index contributed by atoms with van der Waals surface area (Å²) in [5.41, 5.74) is 1.94. The summed E-state index contributed by atoms with van der Waals surface area (Å²) in [6, 6.07) is 7.80. The van der Waals surface area contributed by atoms with E-state index in [9.17, 15) is 13.2 Å². The van der Waals surface area contributed by atoms with Gasteiger partial charge >= 0.3 is 0 Å². The van der Waals surface area contributed by atoms with Gasteiger partial charge in [-0.05, 0) is 37.8 Å². The Morgan fingerprint density at radius 3 is 2.66 bits per heavy atom. The van der Waals surface area contributed by atoms with Crippen molar-refractivity contribution in [3.05, 3.63) is 35.7 Å². The van der Waals surface area contributed by atoms with Crippen molar-refractivity contribution in [2.45, 2.75) is 38.4 Å². The largest absolute Gasteiger partial charge is 0.342 e. The smallest absolute Gasteiger partial charge is 0.233 e. The van der Waals surface area contributed by atoms with Crippen LogP contribution in [-0.2, 0) is 21.4 Å². The highest BCUT2D eigenvalue weighted by atomic mass is 32.2. The molecule has 1 amide bonds. The second kappa shape index (κ2) is 9.27. The highest BCUT2D eigenvalue weighted by molar-refractivity contribution is 7.99. The molecule has 8 nitrogen and oxygen atoms in total. The zero-order chi connectivity index (χ0) is 21.0. The fourth-order valence-electron chi connectivity index (χ4n) is 3.29. The first-order valence-electron chi connectivity index (χ1n) is 9.59. The predicted molar refractivity (Wildman–Crippen MR) is 113 cm³/mol. The van der Waals surface area contributed by atoms with Gasteiger partial charge in [-0.3, -0.25) is 9.36 Å². The summed E-state index contributed by atoms with van der Waals surface area (Å²) in [6.45, 7) is 5.79. The van der Waals surface area contributed by atoms with Crippen LogP contribution >= 0.6 is 11.8 Å². The number of nitrogens with zero attached hydrogens (tertiary/aromatic N) is 4. The first-order valence-corrected chi connectivity index (χ1v) is 12.5. The molecule has 0 bridgehead atoms. The van der Waals surface area contributed by atoms with Crippen LogP contribution in [0.3, 0.4) is 0 Å². The second-order valence-electron chi connectivity index (χ2n) is 7.54. The number of carbonyl (C=O) groups excluding carboxylic acids is 1. The van der Waals surface area contributed by atoms with Gasteiger partial charge < -0.3 is 4.90 Å². The van der Waals surface area contributed by atoms with Crippen molar-refractivity contribution in [3.63, 3.8) is 0 Å². The highest BCUT2D eigenvalue weighted by Gasteiger charge is 2.22. The van der Waals surface area contributed by atoms with Crippen LogP contribution in [0.1, 0.15) is 31.2 Å². The number of aryl methyl sites for hydroxylation is 1. The molecule has 3 rings (SSSR count). The van der Waals surface area contributed by atoms with Crippen molar-refractivity contribution < 1.29 is 13.2 Å². The average molecular weight is 438 g/mol. The van der Waals surface area contributed by atoms with Crippen molar-refractivity contribution in [2.24, 2.45) is 5.92 Å². The molecule has 29 heavy (non-hydrogen) atoms. The molecular weight excluding hydrogens is 410 g/mol. The molecule has 2 heterocycles. The normalized spacial score (nSPS) is 17.5. The molecule has 1 atom stereocenters. The van der Waals surface area contributed by atoms with Crippen molar-refractivity contribution in [1.82, 2.24) is 24.4 Å². The minimum Gasteiger partial charge on any atom is -0.342 e. The Balaban J connectivity index is 1.79. The number of hydrogen-bond acceptors (Lipinski definition) is 6. The van der Waals surface area contributed by atoms with Gasteiger partial charge in [0.15, 0.2) is 11.0 Å². The maximum atomic E-state index is 12.6. The van der Waals surface area contributed by atoms with Gasteiger partial charge in [-0.25, -0.2) is 13.1 Å². The van der Waals surface area contributed by atoms with E-state index in [-0.39, 0.29) is 18.2 Å². The molecule has 10 heteroatoms. The van der Waals surface area contributed by atoms with Crippen molar-refractivity contribution in [3.8, 4) is 5.69 Å². The number of likely N-dealkylation sites (tertiary alicyclic amines) is 1. The van der Waals surface area contributed by atoms with Crippen LogP contribution in [0.4, 0.5) is 0 Å². The summed E-state index contributed by atoms with van der Waals surface area (Å²) in [5, 5.41) is 8.95. The lowest BCUT2D eigenvalue weighted by molar-refractivity contribution is -0.130. The number of nitrogens with one attached hydrogen (secondary N) is 1. The summed E-state index contributed by atoms with van der Waals surface area (Å²) in [7, 11) is -3.36. The van der Waals surface area contributed by atoms with Crippen LogP contribution in [0.25, 0.3) is 5.69 Å². The molecule has 1 fully saturated rings. The predicted octanol–water partition coefficient (Wildman–Crippen LogP) is 1.98. The van der Waals surface area contributed by atoms with Gasteiger partial charge in [0.2, 0.25) is 15.9 Å². The standard InChI is InChI=1S/C19H27N5O3S2/c1-14-6-8-16(9-7-14)24-17(11-20-29(3,26)27)21-22-19(24)28-13-18(25)23-10-4-5-15(2)12-23/h6-9,15,20H,4-5,10-13H2,1-3H3. The van der Waals surface area contributed by atoms with Gasteiger partial charge in [0.05, 0.1) is 18.6 Å². The Morgan fingerprint density at radius 2 is 2.00 bits per heavy atom. The molecule has 1 aromatic heterocycles. The second-order valence-corrected chi connectivity index (χ2v) is 10.3. The molecule has 2 aromatic rings. The minimum absolute atomic E-state index is 0.0257. The third-order valence-corrected chi connectivity index (χ3v) is 6.40. The average Bonchev–Trinajstić information content (AvgIpc) is 3.07. The molecule has 0 spiro atoms.